The molecule has 46 heavy (non-hydrogen) atoms. The number of nitrogens with zero attached hydrogens (tertiary/aromatic N) is 1. The number of likely N-dealkylation sites (N-methyl/N-ethyl adjacent to an activating group) is 1. The minimum atomic E-state index is -1.07. The van der Waals surface area contributed by atoms with E-state index in [0.29, 0.717) is 11.1 Å². The van der Waals surface area contributed by atoms with Gasteiger partial charge in [-0.25, -0.2) is 4.79 Å². The number of para-hydroxylation sites is 1. The Bertz CT molecular complexity index is 1650. The van der Waals surface area contributed by atoms with E-state index in [1.54, 1.807) is 25.5 Å². The van der Waals surface area contributed by atoms with Crippen molar-refractivity contribution in [3.05, 3.63) is 76.4 Å². The van der Waals surface area contributed by atoms with E-state index in [9.17, 15) is 24.0 Å². The molecule has 11 heteroatoms. The van der Waals surface area contributed by atoms with Gasteiger partial charge in [-0.2, -0.15) is 0 Å². The van der Waals surface area contributed by atoms with E-state index in [2.05, 4.69) is 34.5 Å². The van der Waals surface area contributed by atoms with Gasteiger partial charge in [0.15, 0.2) is 5.76 Å². The number of hydrogen-bond acceptors (Lipinski definition) is 7. The maximum atomic E-state index is 13.2. The van der Waals surface area contributed by atoms with Crippen molar-refractivity contribution >= 4 is 40.3 Å². The Kier molecular flexibility index (Phi) is 11.2. The molecular formula is C35H44N4O7. The number of ether oxygens (including phenoxy) is 1. The predicted octanol–water partition coefficient (Wildman–Crippen LogP) is 4.73. The number of furan rings is 1. The van der Waals surface area contributed by atoms with Gasteiger partial charge in [-0.1, -0.05) is 44.5 Å². The summed E-state index contributed by atoms with van der Waals surface area (Å²) < 4.78 is 11.4. The number of allylic oxidation sites excluding steroid dienone is 1. The molecule has 3 fully saturated rings. The van der Waals surface area contributed by atoms with Gasteiger partial charge in [0.2, 0.25) is 11.8 Å². The molecule has 3 aliphatic rings. The number of fused-ring (bicyclic) bond motifs is 3. The number of carbonyl (C=O) groups excluding carboxylic acids is 4. The second-order valence-corrected chi connectivity index (χ2v) is 12.5. The van der Waals surface area contributed by atoms with Gasteiger partial charge in [-0.15, -0.1) is 0 Å². The van der Waals surface area contributed by atoms with E-state index in [1.165, 1.54) is 63.9 Å². The largest absolute Gasteiger partial charge is 0.466 e. The zero-order chi connectivity index (χ0) is 33.4. The smallest absolute Gasteiger partial charge is 0.330 e. The van der Waals surface area contributed by atoms with Gasteiger partial charge in [-0.05, 0) is 74.5 Å². The van der Waals surface area contributed by atoms with E-state index in [4.69, 9.17) is 4.42 Å². The molecule has 3 aromatic rings. The molecule has 2 unspecified atom stereocenters. The SMILES string of the molecule is CC1(C)C2CCC[C@H]1C2.CNC(=O)Cn1cccc(NC(=O)C(CC/C=C/C(=O)OC)NC(=O)c2oc3ccccc3c2C)c1=O. The summed E-state index contributed by atoms with van der Waals surface area (Å²) in [7, 11) is 2.69. The fourth-order valence-corrected chi connectivity index (χ4v) is 6.32. The van der Waals surface area contributed by atoms with Crippen molar-refractivity contribution in [2.45, 2.75) is 71.9 Å². The molecule has 6 rings (SSSR count). The molecule has 0 radical (unpaired) electrons. The molecule has 0 spiro atoms. The van der Waals surface area contributed by atoms with Gasteiger partial charge in [0.05, 0.1) is 7.11 Å². The van der Waals surface area contributed by atoms with E-state index in [0.717, 1.165) is 27.2 Å². The third kappa shape index (κ3) is 7.94. The van der Waals surface area contributed by atoms with Gasteiger partial charge in [-0.3, -0.25) is 19.2 Å². The molecule has 2 aromatic heterocycles. The minimum absolute atomic E-state index is 0.0549. The molecular weight excluding hydrogens is 588 g/mol. The number of aromatic nitrogens is 1. The monoisotopic (exact) mass is 632 g/mol. The quantitative estimate of drug-likeness (QED) is 0.216. The van der Waals surface area contributed by atoms with Crippen LogP contribution in [0.15, 0.2) is 64.0 Å². The summed E-state index contributed by atoms with van der Waals surface area (Å²) in [6.45, 7) is 6.42. The van der Waals surface area contributed by atoms with Gasteiger partial charge >= 0.3 is 5.97 Å². The van der Waals surface area contributed by atoms with Gasteiger partial charge in [0.25, 0.3) is 11.5 Å². The van der Waals surface area contributed by atoms with Crippen molar-refractivity contribution in [3.63, 3.8) is 0 Å². The average molecular weight is 633 g/mol. The van der Waals surface area contributed by atoms with Crippen molar-refractivity contribution in [1.29, 1.82) is 0 Å². The highest BCUT2D eigenvalue weighted by atomic mass is 16.5. The molecule has 11 nitrogen and oxygen atoms in total. The lowest BCUT2D eigenvalue weighted by molar-refractivity contribution is -0.134. The standard InChI is InChI=1S/C26H28N4O7.C9H16/c1-16-17-9-4-6-12-20(17)37-23(16)25(34)28-18(10-5-7-13-22(32)36-3)24(33)29-19-11-8-14-30(26(19)35)15-21(31)27-2;1-9(2)7-4-3-5-8(9)6-7/h4,6-9,11-14,18H,5,10,15H2,1-3H3,(H,27,31)(H,28,34)(H,29,33);7-8H,3-6H2,1-2H3/b13-7+;/t;7-,8?/m.0/s1. The Labute approximate surface area is 268 Å². The lowest BCUT2D eigenvalue weighted by Crippen LogP contribution is -2.47. The topological polar surface area (TPSA) is 149 Å². The van der Waals surface area contributed by atoms with Crippen LogP contribution in [0.2, 0.25) is 0 Å². The Morgan fingerprint density at radius 1 is 1.11 bits per heavy atom. The lowest BCUT2D eigenvalue weighted by atomic mass is 9.49. The van der Waals surface area contributed by atoms with E-state index < -0.39 is 29.4 Å². The van der Waals surface area contributed by atoms with Crippen molar-refractivity contribution in [2.75, 3.05) is 19.5 Å². The fourth-order valence-electron chi connectivity index (χ4n) is 6.32. The molecule has 0 saturated heterocycles. The van der Waals surface area contributed by atoms with Crippen molar-refractivity contribution < 1.29 is 28.3 Å². The Balaban J connectivity index is 0.000000451. The molecule has 3 saturated carbocycles. The Hall–Kier alpha value is -4.67. The van der Waals surface area contributed by atoms with Crippen molar-refractivity contribution in [1.82, 2.24) is 15.2 Å². The molecule has 3 N–H and O–H groups in total. The van der Waals surface area contributed by atoms with Crippen LogP contribution >= 0.6 is 0 Å². The maximum Gasteiger partial charge on any atom is 0.330 e. The summed E-state index contributed by atoms with van der Waals surface area (Å²) in [5.41, 5.74) is 1.26. The summed E-state index contributed by atoms with van der Waals surface area (Å²) in [5.74, 6) is 0.0710. The fraction of sp³-hybridized carbons (Fsp3) is 0.457. The first-order valence-corrected chi connectivity index (χ1v) is 15.7. The summed E-state index contributed by atoms with van der Waals surface area (Å²) in [6, 6.07) is 9.02. The number of hydrogen-bond donors (Lipinski definition) is 3. The number of aryl methyl sites for hydroxylation is 1. The Morgan fingerprint density at radius 3 is 2.43 bits per heavy atom. The highest BCUT2D eigenvalue weighted by Gasteiger charge is 2.49. The number of carbonyl (C=O) groups is 4. The number of esters is 1. The first-order valence-electron chi connectivity index (χ1n) is 15.7. The second kappa shape index (κ2) is 15.1. The van der Waals surface area contributed by atoms with Crippen LogP contribution in [0, 0.1) is 24.2 Å². The lowest BCUT2D eigenvalue weighted by Gasteiger charge is -2.56. The number of benzene rings is 1. The summed E-state index contributed by atoms with van der Waals surface area (Å²) >= 11 is 0. The zero-order valence-electron chi connectivity index (χ0n) is 27.2. The summed E-state index contributed by atoms with van der Waals surface area (Å²) in [5, 5.41) is 8.40. The summed E-state index contributed by atoms with van der Waals surface area (Å²) in [4.78, 5) is 62.0. The van der Waals surface area contributed by atoms with Crippen LogP contribution in [0.4, 0.5) is 5.69 Å². The zero-order valence-corrected chi connectivity index (χ0v) is 27.2. The number of pyridine rings is 1. The van der Waals surface area contributed by atoms with Crippen LogP contribution in [0.1, 0.15) is 68.5 Å². The van der Waals surface area contributed by atoms with Crippen LogP contribution in [0.3, 0.4) is 0 Å². The van der Waals surface area contributed by atoms with Crippen LogP contribution in [-0.4, -0.2) is 48.5 Å². The van der Waals surface area contributed by atoms with E-state index in [1.807, 2.05) is 12.1 Å². The molecule has 2 bridgehead atoms. The maximum absolute atomic E-state index is 13.2. The number of methoxy groups -OCH3 is 1. The van der Waals surface area contributed by atoms with Crippen molar-refractivity contribution in [3.8, 4) is 0 Å². The molecule has 3 aliphatic carbocycles. The third-order valence-corrected chi connectivity index (χ3v) is 9.40. The first-order chi connectivity index (χ1) is 22.0. The number of amides is 3. The molecule has 1 aromatic carbocycles. The highest BCUT2D eigenvalue weighted by Crippen LogP contribution is 2.58. The van der Waals surface area contributed by atoms with Crippen LogP contribution in [0.5, 0.6) is 0 Å². The normalized spacial score (nSPS) is 18.5. The van der Waals surface area contributed by atoms with Gasteiger partial charge < -0.3 is 29.7 Å². The number of anilines is 1. The molecule has 2 heterocycles. The first kappa shape index (κ1) is 34.2. The van der Waals surface area contributed by atoms with Gasteiger partial charge in [0, 0.05) is 30.3 Å². The summed E-state index contributed by atoms with van der Waals surface area (Å²) in [6.07, 6.45) is 10.6. The van der Waals surface area contributed by atoms with Crippen LogP contribution in [-0.2, 0) is 25.7 Å². The predicted molar refractivity (Wildman–Crippen MR) is 175 cm³/mol. The molecule has 3 amide bonds. The van der Waals surface area contributed by atoms with E-state index >= 15 is 0 Å². The number of nitrogens with one attached hydrogen (secondary N) is 3. The molecule has 3 atom stereocenters. The highest BCUT2D eigenvalue weighted by molar-refractivity contribution is 6.03. The average Bonchev–Trinajstić information content (AvgIpc) is 3.40. The molecule has 246 valence electrons. The minimum Gasteiger partial charge on any atom is -0.466 e. The molecule has 0 aliphatic heterocycles. The third-order valence-electron chi connectivity index (χ3n) is 9.40. The van der Waals surface area contributed by atoms with Gasteiger partial charge in [0.1, 0.15) is 23.9 Å². The Morgan fingerprint density at radius 2 is 1.83 bits per heavy atom. The van der Waals surface area contributed by atoms with Crippen LogP contribution < -0.4 is 21.5 Å². The van der Waals surface area contributed by atoms with Crippen LogP contribution in [0.25, 0.3) is 11.0 Å². The van der Waals surface area contributed by atoms with E-state index in [-0.39, 0.29) is 36.7 Å². The number of rotatable bonds is 10. The second-order valence-electron chi connectivity index (χ2n) is 12.5. The van der Waals surface area contributed by atoms with Crippen molar-refractivity contribution in [2.24, 2.45) is 17.3 Å².